The van der Waals surface area contributed by atoms with Crippen LogP contribution in [0.25, 0.3) is 11.5 Å². The van der Waals surface area contributed by atoms with Crippen LogP contribution in [0.1, 0.15) is 43.5 Å². The molecule has 2 aromatic heterocycles. The van der Waals surface area contributed by atoms with Crippen LogP contribution in [-0.2, 0) is 6.42 Å². The van der Waals surface area contributed by atoms with Crippen LogP contribution in [0.2, 0.25) is 0 Å². The van der Waals surface area contributed by atoms with Crippen molar-refractivity contribution in [1.82, 2.24) is 20.3 Å². The molecule has 4 nitrogen and oxygen atoms in total. The van der Waals surface area contributed by atoms with E-state index in [1.807, 2.05) is 24.4 Å². The minimum atomic E-state index is 0.398. The highest BCUT2D eigenvalue weighted by atomic mass is 15.0. The molecule has 0 saturated carbocycles. The van der Waals surface area contributed by atoms with E-state index in [4.69, 9.17) is 4.98 Å². The predicted octanol–water partition coefficient (Wildman–Crippen LogP) is 2.92. The fraction of sp³-hybridized carbons (Fsp3) is 0.438. The average molecular weight is 268 g/mol. The molecule has 0 aromatic carbocycles. The van der Waals surface area contributed by atoms with Gasteiger partial charge in [-0.2, -0.15) is 0 Å². The Morgan fingerprint density at radius 3 is 3.00 bits per heavy atom. The summed E-state index contributed by atoms with van der Waals surface area (Å²) in [6.45, 7) is 3.12. The molecule has 1 unspecified atom stereocenters. The van der Waals surface area contributed by atoms with Crippen LogP contribution in [-0.4, -0.2) is 21.5 Å². The summed E-state index contributed by atoms with van der Waals surface area (Å²) in [6, 6.07) is 6.24. The van der Waals surface area contributed by atoms with Gasteiger partial charge in [-0.1, -0.05) is 19.4 Å². The number of rotatable bonds is 3. The number of hydrogen-bond acceptors (Lipinski definition) is 4. The molecule has 0 saturated heterocycles. The molecule has 4 heteroatoms. The van der Waals surface area contributed by atoms with Gasteiger partial charge in [-0.05, 0) is 37.9 Å². The van der Waals surface area contributed by atoms with E-state index in [1.54, 1.807) is 6.20 Å². The molecule has 0 radical (unpaired) electrons. The van der Waals surface area contributed by atoms with Crippen LogP contribution in [0.3, 0.4) is 0 Å². The summed E-state index contributed by atoms with van der Waals surface area (Å²) in [5.74, 6) is 0.737. The van der Waals surface area contributed by atoms with E-state index in [1.165, 1.54) is 30.5 Å². The average Bonchev–Trinajstić information content (AvgIpc) is 2.71. The number of aryl methyl sites for hydroxylation is 1. The lowest BCUT2D eigenvalue weighted by atomic mass is 10.0. The predicted molar refractivity (Wildman–Crippen MR) is 79.2 cm³/mol. The Hall–Kier alpha value is -1.81. The summed E-state index contributed by atoms with van der Waals surface area (Å²) >= 11 is 0. The van der Waals surface area contributed by atoms with Gasteiger partial charge in [0.1, 0.15) is 5.69 Å². The molecular weight excluding hydrogens is 248 g/mol. The molecule has 1 atom stereocenters. The first kappa shape index (κ1) is 13.2. The molecule has 0 fully saturated rings. The second-order valence-electron chi connectivity index (χ2n) is 5.17. The van der Waals surface area contributed by atoms with E-state index >= 15 is 0 Å². The van der Waals surface area contributed by atoms with Crippen LogP contribution in [0.4, 0.5) is 0 Å². The highest BCUT2D eigenvalue weighted by molar-refractivity contribution is 5.49. The summed E-state index contributed by atoms with van der Waals surface area (Å²) in [7, 11) is 0. The second kappa shape index (κ2) is 6.09. The number of hydrogen-bond donors (Lipinski definition) is 1. The second-order valence-corrected chi connectivity index (χ2v) is 5.17. The first-order chi connectivity index (χ1) is 9.88. The molecule has 104 valence electrons. The van der Waals surface area contributed by atoms with Gasteiger partial charge < -0.3 is 5.32 Å². The molecular formula is C16H20N4. The van der Waals surface area contributed by atoms with Crippen molar-refractivity contribution in [3.63, 3.8) is 0 Å². The number of nitrogens with zero attached hydrogens (tertiary/aromatic N) is 3. The van der Waals surface area contributed by atoms with Crippen molar-refractivity contribution in [3.8, 4) is 11.5 Å². The van der Waals surface area contributed by atoms with E-state index in [0.29, 0.717) is 6.04 Å². The van der Waals surface area contributed by atoms with Gasteiger partial charge in [-0.15, -0.1) is 0 Å². The Kier molecular flexibility index (Phi) is 4.02. The van der Waals surface area contributed by atoms with Gasteiger partial charge in [0.15, 0.2) is 5.82 Å². The lowest BCUT2D eigenvalue weighted by Gasteiger charge is -2.17. The molecule has 0 bridgehead atoms. The van der Waals surface area contributed by atoms with Crippen LogP contribution < -0.4 is 5.32 Å². The Balaban J connectivity index is 1.97. The molecule has 0 amide bonds. The number of fused-ring (bicyclic) bond motifs is 1. The minimum Gasteiger partial charge on any atom is -0.310 e. The zero-order valence-corrected chi connectivity index (χ0v) is 11.8. The van der Waals surface area contributed by atoms with Crippen molar-refractivity contribution in [2.45, 2.75) is 38.6 Å². The van der Waals surface area contributed by atoms with E-state index in [2.05, 4.69) is 22.2 Å². The highest BCUT2D eigenvalue weighted by Crippen LogP contribution is 2.28. The van der Waals surface area contributed by atoms with Crippen LogP contribution >= 0.6 is 0 Å². The molecule has 1 aliphatic rings. The maximum atomic E-state index is 4.76. The van der Waals surface area contributed by atoms with E-state index < -0.39 is 0 Å². The molecule has 1 aliphatic carbocycles. The van der Waals surface area contributed by atoms with Crippen LogP contribution in [0.5, 0.6) is 0 Å². The lowest BCUT2D eigenvalue weighted by Crippen LogP contribution is -2.21. The Morgan fingerprint density at radius 1 is 1.25 bits per heavy atom. The van der Waals surface area contributed by atoms with E-state index in [-0.39, 0.29) is 0 Å². The molecule has 20 heavy (non-hydrogen) atoms. The van der Waals surface area contributed by atoms with Gasteiger partial charge in [-0.25, -0.2) is 9.97 Å². The fourth-order valence-electron chi connectivity index (χ4n) is 2.79. The first-order valence-electron chi connectivity index (χ1n) is 7.39. The fourth-order valence-corrected chi connectivity index (χ4v) is 2.79. The van der Waals surface area contributed by atoms with Crippen LogP contribution in [0.15, 0.2) is 30.6 Å². The number of nitrogens with one attached hydrogen (secondary N) is 1. The normalized spacial score (nSPS) is 18.4. The third-order valence-corrected chi connectivity index (χ3v) is 3.78. The van der Waals surface area contributed by atoms with Crippen molar-refractivity contribution in [2.75, 3.05) is 6.54 Å². The van der Waals surface area contributed by atoms with Gasteiger partial charge in [0.05, 0.1) is 0 Å². The molecule has 1 N–H and O–H groups in total. The summed E-state index contributed by atoms with van der Waals surface area (Å²) in [6.07, 6.45) is 8.43. The molecule has 0 spiro atoms. The maximum Gasteiger partial charge on any atom is 0.178 e. The summed E-state index contributed by atoms with van der Waals surface area (Å²) in [4.78, 5) is 13.6. The van der Waals surface area contributed by atoms with Crippen molar-refractivity contribution < 1.29 is 0 Å². The van der Waals surface area contributed by atoms with Crippen molar-refractivity contribution in [3.05, 3.63) is 41.9 Å². The third kappa shape index (κ3) is 2.70. The lowest BCUT2D eigenvalue weighted by molar-refractivity contribution is 0.502. The third-order valence-electron chi connectivity index (χ3n) is 3.78. The zero-order chi connectivity index (χ0) is 13.8. The van der Waals surface area contributed by atoms with Crippen molar-refractivity contribution in [1.29, 1.82) is 0 Å². The highest BCUT2D eigenvalue weighted by Gasteiger charge is 2.20. The topological polar surface area (TPSA) is 50.7 Å². The largest absolute Gasteiger partial charge is 0.310 e. The van der Waals surface area contributed by atoms with Gasteiger partial charge in [0, 0.05) is 29.7 Å². The van der Waals surface area contributed by atoms with Crippen molar-refractivity contribution >= 4 is 0 Å². The summed E-state index contributed by atoms with van der Waals surface area (Å²) in [5.41, 5.74) is 3.30. The SMILES string of the molecule is CCNC1CCCCc2nc(-c3ccccn3)ncc21. The quantitative estimate of drug-likeness (QED) is 0.870. The van der Waals surface area contributed by atoms with Crippen LogP contribution in [0, 0.1) is 0 Å². The molecule has 2 heterocycles. The smallest absolute Gasteiger partial charge is 0.178 e. The van der Waals surface area contributed by atoms with Gasteiger partial charge in [-0.3, -0.25) is 4.98 Å². The Morgan fingerprint density at radius 2 is 2.20 bits per heavy atom. The monoisotopic (exact) mass is 268 g/mol. The summed E-state index contributed by atoms with van der Waals surface area (Å²) in [5, 5.41) is 3.54. The molecule has 0 aliphatic heterocycles. The van der Waals surface area contributed by atoms with Gasteiger partial charge >= 0.3 is 0 Å². The van der Waals surface area contributed by atoms with E-state index in [0.717, 1.165) is 24.5 Å². The maximum absolute atomic E-state index is 4.76. The minimum absolute atomic E-state index is 0.398. The number of pyridine rings is 1. The van der Waals surface area contributed by atoms with Crippen molar-refractivity contribution in [2.24, 2.45) is 0 Å². The molecule has 3 rings (SSSR count). The zero-order valence-electron chi connectivity index (χ0n) is 11.8. The standard InChI is InChI=1S/C16H20N4/c1-2-17-13-7-3-4-8-14-12(13)11-19-16(20-14)15-9-5-6-10-18-15/h5-6,9-11,13,17H,2-4,7-8H2,1H3. The van der Waals surface area contributed by atoms with Gasteiger partial charge in [0.2, 0.25) is 0 Å². The molecule has 2 aromatic rings. The first-order valence-corrected chi connectivity index (χ1v) is 7.39. The Labute approximate surface area is 119 Å². The Bertz CT molecular complexity index is 568. The summed E-state index contributed by atoms with van der Waals surface area (Å²) < 4.78 is 0. The van der Waals surface area contributed by atoms with E-state index in [9.17, 15) is 0 Å². The van der Waals surface area contributed by atoms with Gasteiger partial charge in [0.25, 0.3) is 0 Å². The number of aromatic nitrogens is 3.